The molecule has 17 heavy (non-hydrogen) atoms. The lowest BCUT2D eigenvalue weighted by molar-refractivity contribution is 0.101. The number of Topliss-reactive ketones (excluding diaryl/α,β-unsaturated/α-hetero) is 1. The summed E-state index contributed by atoms with van der Waals surface area (Å²) in [6.07, 6.45) is 0. The van der Waals surface area contributed by atoms with Gasteiger partial charge in [0.05, 0.1) is 5.69 Å². The first kappa shape index (κ1) is 11.3. The van der Waals surface area contributed by atoms with Crippen LogP contribution in [0.3, 0.4) is 0 Å². The molecule has 0 saturated heterocycles. The summed E-state index contributed by atoms with van der Waals surface area (Å²) in [5, 5.41) is 2.93. The lowest BCUT2D eigenvalue weighted by atomic mass is 10.1. The topological polar surface area (TPSA) is 29.1 Å². The number of nitrogens with one attached hydrogen (secondary N) is 1. The summed E-state index contributed by atoms with van der Waals surface area (Å²) in [5.74, 6) is -0.393. The normalized spacial score (nSPS) is 10.0. The van der Waals surface area contributed by atoms with Crippen LogP contribution >= 0.6 is 0 Å². The Hall–Kier alpha value is -2.16. The first-order valence-electron chi connectivity index (χ1n) is 5.30. The Morgan fingerprint density at radius 1 is 1.00 bits per heavy atom. The Kier molecular flexibility index (Phi) is 3.19. The molecular formula is C14H12FNO. The van der Waals surface area contributed by atoms with Gasteiger partial charge in [-0.25, -0.2) is 4.39 Å². The van der Waals surface area contributed by atoms with Gasteiger partial charge in [-0.15, -0.1) is 0 Å². The number of benzene rings is 2. The Morgan fingerprint density at radius 2 is 1.59 bits per heavy atom. The Morgan fingerprint density at radius 3 is 2.24 bits per heavy atom. The van der Waals surface area contributed by atoms with Crippen molar-refractivity contribution in [3.8, 4) is 0 Å². The van der Waals surface area contributed by atoms with Gasteiger partial charge in [0.1, 0.15) is 5.82 Å². The van der Waals surface area contributed by atoms with E-state index >= 15 is 0 Å². The van der Waals surface area contributed by atoms with Crippen LogP contribution in [0, 0.1) is 5.82 Å². The van der Waals surface area contributed by atoms with E-state index in [1.165, 1.54) is 13.0 Å². The Balaban J connectivity index is 2.37. The lowest BCUT2D eigenvalue weighted by Crippen LogP contribution is -2.01. The number of anilines is 2. The summed E-state index contributed by atoms with van der Waals surface area (Å²) in [4.78, 5) is 11.4. The molecule has 0 aromatic heterocycles. The van der Waals surface area contributed by atoms with Crippen LogP contribution in [0.25, 0.3) is 0 Å². The quantitative estimate of drug-likeness (QED) is 0.811. The van der Waals surface area contributed by atoms with Gasteiger partial charge in [-0.1, -0.05) is 24.3 Å². The predicted molar refractivity (Wildman–Crippen MR) is 66.1 cm³/mol. The van der Waals surface area contributed by atoms with E-state index in [9.17, 15) is 9.18 Å². The van der Waals surface area contributed by atoms with Crippen molar-refractivity contribution in [2.24, 2.45) is 0 Å². The zero-order valence-corrected chi connectivity index (χ0v) is 9.41. The molecule has 0 fully saturated rings. The standard InChI is InChI=1S/C14H12FNO/c1-10(17)11-6-2-4-8-13(11)16-14-9-5-3-7-12(14)15/h2-9,16H,1H3. The number of halogens is 1. The fourth-order valence-electron chi connectivity index (χ4n) is 1.61. The van der Waals surface area contributed by atoms with Gasteiger partial charge in [-0.05, 0) is 31.2 Å². The van der Waals surface area contributed by atoms with Crippen LogP contribution in [-0.4, -0.2) is 5.78 Å². The minimum absolute atomic E-state index is 0.0514. The molecule has 3 heteroatoms. The van der Waals surface area contributed by atoms with E-state index < -0.39 is 0 Å². The molecule has 0 saturated carbocycles. The zero-order valence-electron chi connectivity index (χ0n) is 9.41. The predicted octanol–water partition coefficient (Wildman–Crippen LogP) is 3.77. The maximum atomic E-state index is 13.5. The highest BCUT2D eigenvalue weighted by atomic mass is 19.1. The maximum Gasteiger partial charge on any atom is 0.161 e. The van der Waals surface area contributed by atoms with Crippen molar-refractivity contribution in [2.45, 2.75) is 6.92 Å². The van der Waals surface area contributed by atoms with E-state index in [0.29, 0.717) is 16.9 Å². The summed E-state index contributed by atoms with van der Waals surface area (Å²) >= 11 is 0. The molecule has 0 unspecified atom stereocenters. The van der Waals surface area contributed by atoms with E-state index in [1.54, 1.807) is 42.5 Å². The minimum atomic E-state index is -0.342. The molecule has 2 rings (SSSR count). The van der Waals surface area contributed by atoms with Crippen molar-refractivity contribution in [1.82, 2.24) is 0 Å². The second-order valence-electron chi connectivity index (χ2n) is 3.71. The van der Waals surface area contributed by atoms with Gasteiger partial charge < -0.3 is 5.32 Å². The number of carbonyl (C=O) groups excluding carboxylic acids is 1. The summed E-state index contributed by atoms with van der Waals surface area (Å²) in [6.45, 7) is 1.49. The van der Waals surface area contributed by atoms with Crippen LogP contribution in [-0.2, 0) is 0 Å². The van der Waals surface area contributed by atoms with Gasteiger partial charge in [0.2, 0.25) is 0 Å². The third-order valence-corrected chi connectivity index (χ3v) is 2.45. The van der Waals surface area contributed by atoms with Crippen molar-refractivity contribution >= 4 is 17.2 Å². The van der Waals surface area contributed by atoms with Gasteiger partial charge in [0.15, 0.2) is 5.78 Å². The number of hydrogen-bond donors (Lipinski definition) is 1. The smallest absolute Gasteiger partial charge is 0.161 e. The molecule has 0 heterocycles. The zero-order chi connectivity index (χ0) is 12.3. The van der Waals surface area contributed by atoms with Gasteiger partial charge in [0, 0.05) is 11.3 Å². The van der Waals surface area contributed by atoms with E-state index in [1.807, 2.05) is 0 Å². The summed E-state index contributed by atoms with van der Waals surface area (Å²) in [7, 11) is 0. The third-order valence-electron chi connectivity index (χ3n) is 2.45. The fraction of sp³-hybridized carbons (Fsp3) is 0.0714. The van der Waals surface area contributed by atoms with Crippen LogP contribution in [0.5, 0.6) is 0 Å². The molecule has 0 radical (unpaired) electrons. The van der Waals surface area contributed by atoms with Gasteiger partial charge in [-0.2, -0.15) is 0 Å². The van der Waals surface area contributed by atoms with E-state index in [-0.39, 0.29) is 11.6 Å². The summed E-state index contributed by atoms with van der Waals surface area (Å²) in [6, 6.07) is 13.4. The number of ketones is 1. The molecule has 2 nitrogen and oxygen atoms in total. The van der Waals surface area contributed by atoms with Crippen molar-refractivity contribution in [2.75, 3.05) is 5.32 Å². The van der Waals surface area contributed by atoms with Crippen LogP contribution in [0.4, 0.5) is 15.8 Å². The molecule has 86 valence electrons. The number of para-hydroxylation sites is 2. The van der Waals surface area contributed by atoms with Crippen molar-refractivity contribution in [3.63, 3.8) is 0 Å². The van der Waals surface area contributed by atoms with Gasteiger partial charge >= 0.3 is 0 Å². The van der Waals surface area contributed by atoms with Crippen LogP contribution in [0.15, 0.2) is 48.5 Å². The summed E-state index contributed by atoms with van der Waals surface area (Å²) < 4.78 is 13.5. The monoisotopic (exact) mass is 229 g/mol. The molecule has 0 aliphatic heterocycles. The molecule has 0 aliphatic carbocycles. The van der Waals surface area contributed by atoms with Crippen LogP contribution < -0.4 is 5.32 Å². The Bertz CT molecular complexity index is 551. The molecule has 0 spiro atoms. The van der Waals surface area contributed by atoms with Crippen LogP contribution in [0.2, 0.25) is 0 Å². The number of rotatable bonds is 3. The average molecular weight is 229 g/mol. The second kappa shape index (κ2) is 4.78. The first-order valence-corrected chi connectivity index (χ1v) is 5.30. The van der Waals surface area contributed by atoms with E-state index in [2.05, 4.69) is 5.32 Å². The molecule has 0 aliphatic rings. The number of hydrogen-bond acceptors (Lipinski definition) is 2. The fourth-order valence-corrected chi connectivity index (χ4v) is 1.61. The van der Waals surface area contributed by atoms with Crippen molar-refractivity contribution in [3.05, 3.63) is 59.9 Å². The van der Waals surface area contributed by atoms with Crippen LogP contribution in [0.1, 0.15) is 17.3 Å². The molecule has 0 amide bonds. The van der Waals surface area contributed by atoms with Gasteiger partial charge in [-0.3, -0.25) is 4.79 Å². The molecule has 0 bridgehead atoms. The highest BCUT2D eigenvalue weighted by molar-refractivity contribution is 6.00. The molecule has 1 N–H and O–H groups in total. The summed E-state index contributed by atoms with van der Waals surface area (Å²) in [5.41, 5.74) is 1.53. The van der Waals surface area contributed by atoms with Crippen molar-refractivity contribution < 1.29 is 9.18 Å². The molecule has 0 atom stereocenters. The highest BCUT2D eigenvalue weighted by Gasteiger charge is 2.07. The minimum Gasteiger partial charge on any atom is -0.353 e. The lowest BCUT2D eigenvalue weighted by Gasteiger charge is -2.10. The second-order valence-corrected chi connectivity index (χ2v) is 3.71. The third kappa shape index (κ3) is 2.50. The largest absolute Gasteiger partial charge is 0.353 e. The van der Waals surface area contributed by atoms with Crippen molar-refractivity contribution in [1.29, 1.82) is 0 Å². The maximum absolute atomic E-state index is 13.5. The number of carbonyl (C=O) groups is 1. The Labute approximate surface area is 99.1 Å². The SMILES string of the molecule is CC(=O)c1ccccc1Nc1ccccc1F. The van der Waals surface area contributed by atoms with E-state index in [4.69, 9.17) is 0 Å². The molecule has 2 aromatic carbocycles. The van der Waals surface area contributed by atoms with Gasteiger partial charge in [0.25, 0.3) is 0 Å². The first-order chi connectivity index (χ1) is 8.18. The molecule has 2 aromatic rings. The highest BCUT2D eigenvalue weighted by Crippen LogP contribution is 2.23. The molecular weight excluding hydrogens is 217 g/mol. The van der Waals surface area contributed by atoms with E-state index in [0.717, 1.165) is 0 Å². The average Bonchev–Trinajstić information content (AvgIpc) is 2.32.